The third-order valence-electron chi connectivity index (χ3n) is 3.05. The molecule has 0 bridgehead atoms. The van der Waals surface area contributed by atoms with Crippen molar-refractivity contribution in [3.63, 3.8) is 0 Å². The summed E-state index contributed by atoms with van der Waals surface area (Å²) in [5, 5.41) is 2.88. The van der Waals surface area contributed by atoms with Gasteiger partial charge in [-0.2, -0.15) is 0 Å². The van der Waals surface area contributed by atoms with E-state index in [9.17, 15) is 12.8 Å². The Morgan fingerprint density at radius 2 is 2.19 bits per heavy atom. The van der Waals surface area contributed by atoms with E-state index in [2.05, 4.69) is 10.0 Å². The first-order valence-electron chi connectivity index (χ1n) is 6.65. The van der Waals surface area contributed by atoms with E-state index in [4.69, 9.17) is 9.47 Å². The molecule has 1 aromatic rings. The number of hydrogen-bond acceptors (Lipinski definition) is 5. The zero-order valence-electron chi connectivity index (χ0n) is 11.8. The lowest BCUT2D eigenvalue weighted by molar-refractivity contribution is -0.0847. The van der Waals surface area contributed by atoms with Gasteiger partial charge in [0.05, 0.1) is 25.9 Å². The summed E-state index contributed by atoms with van der Waals surface area (Å²) in [7, 11) is -2.17. The SMILES string of the molecule is CNCc1ccc(S(=O)(=O)NCC2COCCO2)c(F)c1. The summed E-state index contributed by atoms with van der Waals surface area (Å²) in [6, 6.07) is 4.06. The highest BCUT2D eigenvalue weighted by Gasteiger charge is 2.22. The number of nitrogens with one attached hydrogen (secondary N) is 2. The van der Waals surface area contributed by atoms with Crippen molar-refractivity contribution in [2.45, 2.75) is 17.5 Å². The van der Waals surface area contributed by atoms with Gasteiger partial charge in [0.25, 0.3) is 0 Å². The molecule has 21 heavy (non-hydrogen) atoms. The molecule has 1 fully saturated rings. The second-order valence-electron chi connectivity index (χ2n) is 4.71. The summed E-state index contributed by atoms with van der Waals surface area (Å²) in [5.41, 5.74) is 0.679. The van der Waals surface area contributed by atoms with Crippen molar-refractivity contribution in [3.8, 4) is 0 Å². The maximum absolute atomic E-state index is 13.9. The fraction of sp³-hybridized carbons (Fsp3) is 0.538. The topological polar surface area (TPSA) is 76.7 Å². The number of benzene rings is 1. The Balaban J connectivity index is 2.04. The molecular formula is C13H19FN2O4S. The summed E-state index contributed by atoms with van der Waals surface area (Å²) in [5.74, 6) is -0.768. The molecule has 8 heteroatoms. The van der Waals surface area contributed by atoms with Gasteiger partial charge in [-0.3, -0.25) is 0 Å². The lowest BCUT2D eigenvalue weighted by atomic mass is 10.2. The van der Waals surface area contributed by atoms with Gasteiger partial charge in [-0.15, -0.1) is 0 Å². The van der Waals surface area contributed by atoms with Crippen molar-refractivity contribution in [2.24, 2.45) is 0 Å². The highest BCUT2D eigenvalue weighted by molar-refractivity contribution is 7.89. The van der Waals surface area contributed by atoms with Crippen LogP contribution >= 0.6 is 0 Å². The first-order chi connectivity index (χ1) is 10.0. The number of ether oxygens (including phenoxy) is 2. The molecule has 1 unspecified atom stereocenters. The summed E-state index contributed by atoms with van der Waals surface area (Å²) < 4.78 is 51.0. The molecule has 118 valence electrons. The molecule has 2 rings (SSSR count). The van der Waals surface area contributed by atoms with Gasteiger partial charge in [-0.05, 0) is 24.7 Å². The summed E-state index contributed by atoms with van der Waals surface area (Å²) in [4.78, 5) is -0.362. The van der Waals surface area contributed by atoms with Crippen LogP contribution in [0.3, 0.4) is 0 Å². The predicted octanol–water partition coefficient (Wildman–Crippen LogP) is 0.239. The van der Waals surface area contributed by atoms with Crippen molar-refractivity contribution in [1.82, 2.24) is 10.0 Å². The van der Waals surface area contributed by atoms with E-state index in [1.165, 1.54) is 12.1 Å². The van der Waals surface area contributed by atoms with Crippen LogP contribution < -0.4 is 10.0 Å². The fourth-order valence-corrected chi connectivity index (χ4v) is 3.13. The van der Waals surface area contributed by atoms with Gasteiger partial charge in [0, 0.05) is 13.1 Å². The minimum atomic E-state index is -3.90. The van der Waals surface area contributed by atoms with Crippen LogP contribution in [-0.2, 0) is 26.0 Å². The molecular weight excluding hydrogens is 299 g/mol. The van der Waals surface area contributed by atoms with Crippen LogP contribution in [0.4, 0.5) is 4.39 Å². The lowest BCUT2D eigenvalue weighted by Gasteiger charge is -2.23. The molecule has 0 spiro atoms. The third-order valence-corrected chi connectivity index (χ3v) is 4.51. The highest BCUT2D eigenvalue weighted by atomic mass is 32.2. The van der Waals surface area contributed by atoms with E-state index in [0.717, 1.165) is 0 Å². The molecule has 1 atom stereocenters. The van der Waals surface area contributed by atoms with Gasteiger partial charge in [0.2, 0.25) is 10.0 Å². The summed E-state index contributed by atoms with van der Waals surface area (Å²) in [6.07, 6.45) is -0.347. The van der Waals surface area contributed by atoms with Crippen LogP contribution in [0.15, 0.2) is 23.1 Å². The Morgan fingerprint density at radius 1 is 1.38 bits per heavy atom. The van der Waals surface area contributed by atoms with Gasteiger partial charge in [-0.25, -0.2) is 17.5 Å². The summed E-state index contributed by atoms with van der Waals surface area (Å²) >= 11 is 0. The van der Waals surface area contributed by atoms with Crippen LogP contribution in [0.25, 0.3) is 0 Å². The lowest BCUT2D eigenvalue weighted by Crippen LogP contribution is -2.39. The Morgan fingerprint density at radius 3 is 2.81 bits per heavy atom. The van der Waals surface area contributed by atoms with E-state index >= 15 is 0 Å². The second-order valence-corrected chi connectivity index (χ2v) is 6.45. The normalized spacial score (nSPS) is 19.6. The molecule has 0 amide bonds. The molecule has 1 aliphatic heterocycles. The second kappa shape index (κ2) is 7.28. The van der Waals surface area contributed by atoms with E-state index in [1.54, 1.807) is 13.1 Å². The number of sulfonamides is 1. The third kappa shape index (κ3) is 4.45. The molecule has 0 saturated carbocycles. The van der Waals surface area contributed by atoms with Crippen LogP contribution in [0.1, 0.15) is 5.56 Å². The van der Waals surface area contributed by atoms with Crippen LogP contribution in [0.5, 0.6) is 0 Å². The van der Waals surface area contributed by atoms with Crippen molar-refractivity contribution >= 4 is 10.0 Å². The molecule has 1 aromatic carbocycles. The van der Waals surface area contributed by atoms with Gasteiger partial charge in [0.15, 0.2) is 0 Å². The number of halogens is 1. The smallest absolute Gasteiger partial charge is 0.243 e. The molecule has 0 aliphatic carbocycles. The number of hydrogen-bond donors (Lipinski definition) is 2. The van der Waals surface area contributed by atoms with Gasteiger partial charge in [-0.1, -0.05) is 6.07 Å². The van der Waals surface area contributed by atoms with E-state index in [1.807, 2.05) is 0 Å². The minimum Gasteiger partial charge on any atom is -0.376 e. The van der Waals surface area contributed by atoms with Crippen LogP contribution in [-0.4, -0.2) is 47.9 Å². The highest BCUT2D eigenvalue weighted by Crippen LogP contribution is 2.16. The van der Waals surface area contributed by atoms with Crippen molar-refractivity contribution in [3.05, 3.63) is 29.6 Å². The zero-order valence-corrected chi connectivity index (χ0v) is 12.6. The average molecular weight is 318 g/mol. The molecule has 1 heterocycles. The van der Waals surface area contributed by atoms with Crippen molar-refractivity contribution in [2.75, 3.05) is 33.4 Å². The Bertz CT molecular complexity index is 574. The minimum absolute atomic E-state index is 0.0556. The van der Waals surface area contributed by atoms with Gasteiger partial charge in [0.1, 0.15) is 10.7 Å². The fourth-order valence-electron chi connectivity index (χ4n) is 2.01. The van der Waals surface area contributed by atoms with E-state index in [0.29, 0.717) is 31.9 Å². The standard InChI is InChI=1S/C13H19FN2O4S/c1-15-7-10-2-3-13(12(14)6-10)21(17,18)16-8-11-9-19-4-5-20-11/h2-3,6,11,15-16H,4-5,7-9H2,1H3. The molecule has 6 nitrogen and oxygen atoms in total. The summed E-state index contributed by atoms with van der Waals surface area (Å²) in [6.45, 7) is 1.79. The maximum atomic E-state index is 13.9. The van der Waals surface area contributed by atoms with E-state index < -0.39 is 15.8 Å². The first kappa shape index (κ1) is 16.3. The van der Waals surface area contributed by atoms with Crippen LogP contribution in [0, 0.1) is 5.82 Å². The average Bonchev–Trinajstić information content (AvgIpc) is 2.46. The molecule has 1 aliphatic rings. The van der Waals surface area contributed by atoms with Gasteiger partial charge < -0.3 is 14.8 Å². The van der Waals surface area contributed by atoms with Crippen molar-refractivity contribution < 1.29 is 22.3 Å². The zero-order chi connectivity index (χ0) is 15.3. The largest absolute Gasteiger partial charge is 0.376 e. The molecule has 0 radical (unpaired) electrons. The van der Waals surface area contributed by atoms with Crippen LogP contribution in [0.2, 0.25) is 0 Å². The molecule has 0 aromatic heterocycles. The monoisotopic (exact) mass is 318 g/mol. The quantitative estimate of drug-likeness (QED) is 0.786. The maximum Gasteiger partial charge on any atom is 0.243 e. The molecule has 1 saturated heterocycles. The Kier molecular flexibility index (Phi) is 5.65. The Labute approximate surface area is 123 Å². The van der Waals surface area contributed by atoms with Gasteiger partial charge >= 0.3 is 0 Å². The Hall–Kier alpha value is -1.06. The molecule has 2 N–H and O–H groups in total. The van der Waals surface area contributed by atoms with Crippen molar-refractivity contribution in [1.29, 1.82) is 0 Å². The predicted molar refractivity (Wildman–Crippen MR) is 74.9 cm³/mol. The number of rotatable bonds is 6. The first-order valence-corrected chi connectivity index (χ1v) is 8.13. The van der Waals surface area contributed by atoms with E-state index in [-0.39, 0.29) is 17.5 Å².